The van der Waals surface area contributed by atoms with Gasteiger partial charge in [-0.05, 0) is 25.8 Å². The lowest BCUT2D eigenvalue weighted by Crippen LogP contribution is -2.47. The Hall–Kier alpha value is -0.170. The van der Waals surface area contributed by atoms with Gasteiger partial charge in [-0.2, -0.15) is 17.0 Å². The zero-order valence-electron chi connectivity index (χ0n) is 9.47. The minimum atomic E-state index is -3.25. The van der Waals surface area contributed by atoms with Gasteiger partial charge >= 0.3 is 0 Å². The number of hydrogen-bond acceptors (Lipinski definition) is 3. The van der Waals surface area contributed by atoms with Gasteiger partial charge in [-0.15, -0.1) is 0 Å². The zero-order valence-corrected chi connectivity index (χ0v) is 10.3. The Morgan fingerprint density at radius 1 is 1.33 bits per heavy atom. The summed E-state index contributed by atoms with van der Waals surface area (Å²) in [6.45, 7) is 3.75. The van der Waals surface area contributed by atoms with Crippen molar-refractivity contribution in [2.75, 3.05) is 27.2 Å². The first kappa shape index (κ1) is 11.3. The molecule has 6 heteroatoms. The van der Waals surface area contributed by atoms with Crippen LogP contribution in [0.1, 0.15) is 13.3 Å². The van der Waals surface area contributed by atoms with E-state index in [1.807, 2.05) is 6.92 Å². The Morgan fingerprint density at radius 3 is 2.60 bits per heavy atom. The average Bonchev–Trinajstić information content (AvgIpc) is 2.61. The van der Waals surface area contributed by atoms with E-state index in [1.54, 1.807) is 18.4 Å². The second kappa shape index (κ2) is 3.69. The maximum atomic E-state index is 12.1. The van der Waals surface area contributed by atoms with Crippen LogP contribution in [0.15, 0.2) is 0 Å². The monoisotopic (exact) mass is 233 g/mol. The van der Waals surface area contributed by atoms with E-state index >= 15 is 0 Å². The van der Waals surface area contributed by atoms with E-state index in [0.717, 1.165) is 19.5 Å². The van der Waals surface area contributed by atoms with E-state index in [1.165, 1.54) is 4.31 Å². The summed E-state index contributed by atoms with van der Waals surface area (Å²) in [5.41, 5.74) is 0. The van der Waals surface area contributed by atoms with Crippen LogP contribution in [-0.4, -0.2) is 56.3 Å². The summed E-state index contributed by atoms with van der Waals surface area (Å²) in [7, 11) is -0.0633. The van der Waals surface area contributed by atoms with Crippen molar-refractivity contribution in [3.63, 3.8) is 0 Å². The molecular weight excluding hydrogens is 214 g/mol. The van der Waals surface area contributed by atoms with Crippen LogP contribution in [0.5, 0.6) is 0 Å². The first-order chi connectivity index (χ1) is 6.94. The van der Waals surface area contributed by atoms with Crippen molar-refractivity contribution in [3.8, 4) is 0 Å². The van der Waals surface area contributed by atoms with Gasteiger partial charge in [0, 0.05) is 32.7 Å². The predicted octanol–water partition coefficient (Wildman–Crippen LogP) is -0.525. The fourth-order valence-corrected chi connectivity index (χ4v) is 4.22. The molecule has 1 N–H and O–H groups in total. The van der Waals surface area contributed by atoms with Gasteiger partial charge in [-0.3, -0.25) is 0 Å². The van der Waals surface area contributed by atoms with Crippen LogP contribution in [-0.2, 0) is 10.2 Å². The molecule has 0 spiro atoms. The highest BCUT2D eigenvalue weighted by Crippen LogP contribution is 2.34. The lowest BCUT2D eigenvalue weighted by Gasteiger charge is -2.29. The molecule has 3 atom stereocenters. The lowest BCUT2D eigenvalue weighted by atomic mass is 10.0. The summed E-state index contributed by atoms with van der Waals surface area (Å²) in [4.78, 5) is 0. The minimum absolute atomic E-state index is 0.134. The molecule has 2 saturated heterocycles. The molecule has 3 unspecified atom stereocenters. The molecule has 2 heterocycles. The maximum absolute atomic E-state index is 12.1. The lowest BCUT2D eigenvalue weighted by molar-refractivity contribution is 0.312. The number of hydrogen-bond donors (Lipinski definition) is 1. The fourth-order valence-electron chi connectivity index (χ4n) is 2.71. The number of rotatable bonds is 2. The molecule has 2 aliphatic rings. The molecule has 0 aromatic carbocycles. The highest BCUT2D eigenvalue weighted by molar-refractivity contribution is 7.86. The Balaban J connectivity index is 2.28. The number of nitrogens with zero attached hydrogens (tertiary/aromatic N) is 2. The second-order valence-electron chi connectivity index (χ2n) is 4.69. The number of nitrogens with one attached hydrogen (secondary N) is 1. The van der Waals surface area contributed by atoms with E-state index in [-0.39, 0.29) is 12.1 Å². The zero-order chi connectivity index (χ0) is 11.2. The quantitative estimate of drug-likeness (QED) is 0.698. The highest BCUT2D eigenvalue weighted by Gasteiger charge is 2.47. The van der Waals surface area contributed by atoms with Crippen molar-refractivity contribution >= 4 is 10.2 Å². The van der Waals surface area contributed by atoms with Gasteiger partial charge < -0.3 is 5.32 Å². The second-order valence-corrected chi connectivity index (χ2v) is 6.74. The summed E-state index contributed by atoms with van der Waals surface area (Å²) in [6.07, 6.45) is 0.977. The van der Waals surface area contributed by atoms with Crippen molar-refractivity contribution < 1.29 is 8.42 Å². The van der Waals surface area contributed by atoms with E-state index in [4.69, 9.17) is 0 Å². The standard InChI is InChI=1S/C9H19N3O2S/c1-7-4-8-5-10-6-9(8)12(7)15(13,14)11(2)3/h7-10H,4-6H2,1-3H3. The van der Waals surface area contributed by atoms with Crippen LogP contribution in [0.3, 0.4) is 0 Å². The van der Waals surface area contributed by atoms with E-state index in [9.17, 15) is 8.42 Å². The first-order valence-electron chi connectivity index (χ1n) is 5.36. The third-order valence-electron chi connectivity index (χ3n) is 3.44. The van der Waals surface area contributed by atoms with Gasteiger partial charge in [0.05, 0.1) is 0 Å². The fraction of sp³-hybridized carbons (Fsp3) is 1.00. The van der Waals surface area contributed by atoms with Gasteiger partial charge in [0.2, 0.25) is 0 Å². The summed E-state index contributed by atoms with van der Waals surface area (Å²) in [5.74, 6) is 0.495. The normalized spacial score (nSPS) is 37.5. The van der Waals surface area contributed by atoms with Crippen molar-refractivity contribution in [1.82, 2.24) is 13.9 Å². The Labute approximate surface area is 91.6 Å². The van der Waals surface area contributed by atoms with Crippen LogP contribution in [0.2, 0.25) is 0 Å². The first-order valence-corrected chi connectivity index (χ1v) is 6.76. The molecule has 0 amide bonds. The van der Waals surface area contributed by atoms with E-state index in [2.05, 4.69) is 5.32 Å². The van der Waals surface area contributed by atoms with E-state index in [0.29, 0.717) is 5.92 Å². The summed E-state index contributed by atoms with van der Waals surface area (Å²) in [5, 5.41) is 3.26. The molecular formula is C9H19N3O2S. The molecule has 0 radical (unpaired) electrons. The van der Waals surface area contributed by atoms with Crippen molar-refractivity contribution in [3.05, 3.63) is 0 Å². The van der Waals surface area contributed by atoms with Crippen molar-refractivity contribution in [2.45, 2.75) is 25.4 Å². The van der Waals surface area contributed by atoms with Crippen LogP contribution in [0.25, 0.3) is 0 Å². The molecule has 0 saturated carbocycles. The SMILES string of the molecule is CC1CC2CNCC2N1S(=O)(=O)N(C)C. The summed E-state index contributed by atoms with van der Waals surface area (Å²) < 4.78 is 27.2. The molecule has 2 aliphatic heterocycles. The van der Waals surface area contributed by atoms with Gasteiger partial charge in [0.15, 0.2) is 0 Å². The smallest absolute Gasteiger partial charge is 0.282 e. The Bertz CT molecular complexity index is 341. The van der Waals surface area contributed by atoms with E-state index < -0.39 is 10.2 Å². The van der Waals surface area contributed by atoms with Gasteiger partial charge in [-0.1, -0.05) is 0 Å². The molecule has 5 nitrogen and oxygen atoms in total. The molecule has 0 bridgehead atoms. The molecule has 15 heavy (non-hydrogen) atoms. The van der Waals surface area contributed by atoms with Crippen molar-refractivity contribution in [2.24, 2.45) is 5.92 Å². The molecule has 0 aromatic rings. The molecule has 0 aromatic heterocycles. The minimum Gasteiger partial charge on any atom is -0.315 e. The van der Waals surface area contributed by atoms with Gasteiger partial charge in [-0.25, -0.2) is 0 Å². The van der Waals surface area contributed by atoms with Crippen molar-refractivity contribution in [1.29, 1.82) is 0 Å². The Morgan fingerprint density at radius 2 is 2.00 bits per heavy atom. The summed E-state index contributed by atoms with van der Waals surface area (Å²) >= 11 is 0. The molecule has 2 rings (SSSR count). The molecule has 2 fully saturated rings. The van der Waals surface area contributed by atoms with Crippen LogP contribution in [0.4, 0.5) is 0 Å². The summed E-state index contributed by atoms with van der Waals surface area (Å²) in [6, 6.07) is 0.293. The van der Waals surface area contributed by atoms with Gasteiger partial charge in [0.25, 0.3) is 10.2 Å². The topological polar surface area (TPSA) is 52.7 Å². The number of fused-ring (bicyclic) bond motifs is 1. The van der Waals surface area contributed by atoms with Crippen LogP contribution in [0, 0.1) is 5.92 Å². The molecule has 88 valence electrons. The molecule has 0 aliphatic carbocycles. The third-order valence-corrected chi connectivity index (χ3v) is 5.52. The highest BCUT2D eigenvalue weighted by atomic mass is 32.2. The average molecular weight is 233 g/mol. The third kappa shape index (κ3) is 1.69. The Kier molecular flexibility index (Phi) is 2.79. The maximum Gasteiger partial charge on any atom is 0.282 e. The largest absolute Gasteiger partial charge is 0.315 e. The predicted molar refractivity (Wildman–Crippen MR) is 58.7 cm³/mol. The van der Waals surface area contributed by atoms with Crippen LogP contribution >= 0.6 is 0 Å². The van der Waals surface area contributed by atoms with Gasteiger partial charge in [0.1, 0.15) is 0 Å². The van der Waals surface area contributed by atoms with Crippen LogP contribution < -0.4 is 5.32 Å².